The highest BCUT2D eigenvalue weighted by atomic mass is 19.4. The Labute approximate surface area is 145 Å². The predicted molar refractivity (Wildman–Crippen MR) is 93.6 cm³/mol. The summed E-state index contributed by atoms with van der Waals surface area (Å²) < 4.78 is 39.2. The Kier molecular flexibility index (Phi) is 3.86. The highest BCUT2D eigenvalue weighted by Gasteiger charge is 2.39. The first-order chi connectivity index (χ1) is 12.0. The molecule has 0 unspecified atom stereocenters. The topological polar surface area (TPSA) is 12.0 Å². The third-order valence-corrected chi connectivity index (χ3v) is 5.44. The zero-order valence-corrected chi connectivity index (χ0v) is 14.0. The van der Waals surface area contributed by atoms with Crippen LogP contribution in [0.1, 0.15) is 47.6 Å². The van der Waals surface area contributed by atoms with Gasteiger partial charge < -0.3 is 5.32 Å². The number of halogens is 3. The van der Waals surface area contributed by atoms with Gasteiger partial charge in [-0.15, -0.1) is 0 Å². The molecule has 2 aromatic rings. The Balaban J connectivity index is 1.73. The number of alkyl halides is 3. The Hall–Kier alpha value is -2.23. The predicted octanol–water partition coefficient (Wildman–Crippen LogP) is 6.09. The van der Waals surface area contributed by atoms with E-state index in [1.54, 1.807) is 6.07 Å². The first-order valence-corrected chi connectivity index (χ1v) is 8.70. The van der Waals surface area contributed by atoms with Gasteiger partial charge in [0.25, 0.3) is 0 Å². The molecular formula is C21H20F3N. The smallest absolute Gasteiger partial charge is 0.378 e. The van der Waals surface area contributed by atoms with Gasteiger partial charge in [-0.25, -0.2) is 0 Å². The van der Waals surface area contributed by atoms with Crippen LogP contribution in [0.4, 0.5) is 18.9 Å². The van der Waals surface area contributed by atoms with Crippen LogP contribution < -0.4 is 5.32 Å². The molecule has 0 amide bonds. The third-order valence-electron chi connectivity index (χ3n) is 5.44. The monoisotopic (exact) mass is 343 g/mol. The Bertz CT molecular complexity index is 805. The lowest BCUT2D eigenvalue weighted by atomic mass is 9.76. The molecule has 3 atom stereocenters. The van der Waals surface area contributed by atoms with E-state index in [1.807, 2.05) is 0 Å². The van der Waals surface area contributed by atoms with Crippen molar-refractivity contribution >= 4 is 5.69 Å². The molecule has 1 aliphatic heterocycles. The maximum atomic E-state index is 13.1. The lowest BCUT2D eigenvalue weighted by Crippen LogP contribution is -2.29. The molecule has 4 heteroatoms. The maximum absolute atomic E-state index is 13.1. The summed E-state index contributed by atoms with van der Waals surface area (Å²) in [5.41, 5.74) is 3.48. The average Bonchev–Trinajstić information content (AvgIpc) is 3.10. The van der Waals surface area contributed by atoms with Crippen molar-refractivity contribution in [1.82, 2.24) is 0 Å². The zero-order chi connectivity index (χ0) is 17.6. The van der Waals surface area contributed by atoms with E-state index in [1.165, 1.54) is 23.3 Å². The molecule has 0 radical (unpaired) electrons. The van der Waals surface area contributed by atoms with Gasteiger partial charge in [0.2, 0.25) is 0 Å². The van der Waals surface area contributed by atoms with E-state index >= 15 is 0 Å². The molecule has 1 N–H and O–H groups in total. The first-order valence-electron chi connectivity index (χ1n) is 8.70. The number of allylic oxidation sites excluding steroid dienone is 2. The van der Waals surface area contributed by atoms with Crippen LogP contribution in [0.3, 0.4) is 0 Å². The van der Waals surface area contributed by atoms with Gasteiger partial charge in [-0.1, -0.05) is 43.3 Å². The fraction of sp³-hybridized carbons (Fsp3) is 0.333. The minimum Gasteiger partial charge on any atom is -0.378 e. The highest BCUT2D eigenvalue weighted by Crippen LogP contribution is 2.50. The van der Waals surface area contributed by atoms with E-state index in [-0.39, 0.29) is 17.9 Å². The SMILES string of the molecule is CCc1ccc([C@@H]2Nc3ccc(C(F)(F)F)cc3[C@@H]3C=CC[C@H]32)cc1. The summed E-state index contributed by atoms with van der Waals surface area (Å²) in [6.07, 6.45) is 1.74. The second-order valence-corrected chi connectivity index (χ2v) is 6.87. The molecule has 0 saturated heterocycles. The normalized spacial score (nSPS) is 24.6. The molecule has 0 saturated carbocycles. The molecule has 1 aliphatic carbocycles. The largest absolute Gasteiger partial charge is 0.416 e. The van der Waals surface area contributed by atoms with Gasteiger partial charge in [0.05, 0.1) is 11.6 Å². The molecule has 4 rings (SSSR count). The fourth-order valence-electron chi connectivity index (χ4n) is 4.06. The minimum atomic E-state index is -4.31. The number of benzene rings is 2. The number of aryl methyl sites for hydroxylation is 1. The summed E-state index contributed by atoms with van der Waals surface area (Å²) in [5, 5.41) is 3.49. The van der Waals surface area contributed by atoms with Crippen molar-refractivity contribution in [2.24, 2.45) is 5.92 Å². The average molecular weight is 343 g/mol. The Morgan fingerprint density at radius 1 is 1.08 bits per heavy atom. The van der Waals surface area contributed by atoms with Gasteiger partial charge in [-0.2, -0.15) is 13.2 Å². The lowest BCUT2D eigenvalue weighted by molar-refractivity contribution is -0.137. The molecule has 0 spiro atoms. The van der Waals surface area contributed by atoms with E-state index in [2.05, 4.69) is 48.7 Å². The minimum absolute atomic E-state index is 0.0365. The number of hydrogen-bond acceptors (Lipinski definition) is 1. The highest BCUT2D eigenvalue weighted by molar-refractivity contribution is 5.61. The molecule has 0 bridgehead atoms. The molecule has 2 aliphatic rings. The van der Waals surface area contributed by atoms with Crippen LogP contribution >= 0.6 is 0 Å². The van der Waals surface area contributed by atoms with E-state index in [4.69, 9.17) is 0 Å². The van der Waals surface area contributed by atoms with E-state index in [0.717, 1.165) is 24.1 Å². The summed E-state index contributed by atoms with van der Waals surface area (Å²) in [6, 6.07) is 12.7. The number of hydrogen-bond donors (Lipinski definition) is 1. The van der Waals surface area contributed by atoms with Crippen LogP contribution in [-0.2, 0) is 12.6 Å². The van der Waals surface area contributed by atoms with Gasteiger partial charge in [0.15, 0.2) is 0 Å². The van der Waals surface area contributed by atoms with Crippen molar-refractivity contribution in [1.29, 1.82) is 0 Å². The molecule has 1 nitrogen and oxygen atoms in total. The molecular weight excluding hydrogens is 323 g/mol. The van der Waals surface area contributed by atoms with E-state index in [0.29, 0.717) is 0 Å². The number of anilines is 1. The van der Waals surface area contributed by atoms with Crippen LogP contribution in [0.5, 0.6) is 0 Å². The van der Waals surface area contributed by atoms with Crippen molar-refractivity contribution in [3.05, 3.63) is 76.9 Å². The molecule has 25 heavy (non-hydrogen) atoms. The van der Waals surface area contributed by atoms with Crippen LogP contribution in [0, 0.1) is 5.92 Å². The standard InChI is InChI=1S/C21H20F3N/c1-2-13-6-8-14(9-7-13)20-17-5-3-4-16(17)18-12-15(21(22,23)24)10-11-19(18)25-20/h3-4,6-12,16-17,20,25H,2,5H2,1H3/t16-,17-,20+/m1/s1. The molecule has 0 fully saturated rings. The number of rotatable bonds is 2. The van der Waals surface area contributed by atoms with Crippen molar-refractivity contribution < 1.29 is 13.2 Å². The van der Waals surface area contributed by atoms with Crippen LogP contribution in [0.2, 0.25) is 0 Å². The second-order valence-electron chi connectivity index (χ2n) is 6.87. The first kappa shape index (κ1) is 16.2. The van der Waals surface area contributed by atoms with Crippen molar-refractivity contribution in [3.8, 4) is 0 Å². The van der Waals surface area contributed by atoms with Crippen molar-refractivity contribution in [3.63, 3.8) is 0 Å². The fourth-order valence-corrected chi connectivity index (χ4v) is 4.06. The van der Waals surface area contributed by atoms with E-state index in [9.17, 15) is 13.2 Å². The maximum Gasteiger partial charge on any atom is 0.416 e. The summed E-state index contributed by atoms with van der Waals surface area (Å²) in [4.78, 5) is 0. The number of nitrogens with one attached hydrogen (secondary N) is 1. The van der Waals surface area contributed by atoms with Gasteiger partial charge in [-0.05, 0) is 53.6 Å². The van der Waals surface area contributed by atoms with Crippen LogP contribution in [0.15, 0.2) is 54.6 Å². The summed E-state index contributed by atoms with van der Waals surface area (Å²) >= 11 is 0. The van der Waals surface area contributed by atoms with Crippen LogP contribution in [0.25, 0.3) is 0 Å². The van der Waals surface area contributed by atoms with Crippen molar-refractivity contribution in [2.75, 3.05) is 5.32 Å². The van der Waals surface area contributed by atoms with Gasteiger partial charge in [0.1, 0.15) is 0 Å². The molecule has 2 aromatic carbocycles. The zero-order valence-electron chi connectivity index (χ0n) is 14.0. The Morgan fingerprint density at radius 3 is 2.52 bits per heavy atom. The van der Waals surface area contributed by atoms with Gasteiger partial charge in [0, 0.05) is 11.6 Å². The summed E-state index contributed by atoms with van der Waals surface area (Å²) in [5.74, 6) is 0.290. The lowest BCUT2D eigenvalue weighted by Gasteiger charge is -2.38. The summed E-state index contributed by atoms with van der Waals surface area (Å²) in [7, 11) is 0. The summed E-state index contributed by atoms with van der Waals surface area (Å²) in [6.45, 7) is 2.12. The molecule has 130 valence electrons. The third kappa shape index (κ3) is 2.84. The molecule has 0 aromatic heterocycles. The van der Waals surface area contributed by atoms with Crippen molar-refractivity contribution in [2.45, 2.75) is 37.9 Å². The number of fused-ring (bicyclic) bond motifs is 3. The second kappa shape index (κ2) is 5.94. The quantitative estimate of drug-likeness (QED) is 0.650. The molecule has 1 heterocycles. The van der Waals surface area contributed by atoms with Gasteiger partial charge in [-0.3, -0.25) is 0 Å². The Morgan fingerprint density at radius 2 is 1.84 bits per heavy atom. The van der Waals surface area contributed by atoms with Gasteiger partial charge >= 0.3 is 6.18 Å². The van der Waals surface area contributed by atoms with Crippen LogP contribution in [-0.4, -0.2) is 0 Å². The van der Waals surface area contributed by atoms with E-state index < -0.39 is 11.7 Å².